The molecule has 5 rings (SSSR count). The monoisotopic (exact) mass is 534 g/mol. The van der Waals surface area contributed by atoms with Crippen LogP contribution in [0.1, 0.15) is 56.6 Å². The second-order valence-corrected chi connectivity index (χ2v) is 11.1. The fraction of sp³-hybridized carbons (Fsp3) is 0.423. The number of hydrogen-bond donors (Lipinski definition) is 2. The van der Waals surface area contributed by atoms with E-state index >= 15 is 0 Å². The minimum absolute atomic E-state index is 0.0124. The SMILES string of the molecule is CCn1nc(Oc2ccc(C(F)(F)F)cc2)cc1-c1cccc(C2(NS(=O)(=O)NC3CCCC3)CC2)c1. The topological polar surface area (TPSA) is 85.2 Å². The molecule has 0 bridgehead atoms. The lowest BCUT2D eigenvalue weighted by molar-refractivity contribution is -0.137. The minimum Gasteiger partial charge on any atom is -0.438 e. The van der Waals surface area contributed by atoms with Gasteiger partial charge in [0.25, 0.3) is 10.2 Å². The molecule has 2 aromatic carbocycles. The molecule has 2 N–H and O–H groups in total. The second-order valence-electron chi connectivity index (χ2n) is 9.68. The summed E-state index contributed by atoms with van der Waals surface area (Å²) < 4.78 is 77.3. The summed E-state index contributed by atoms with van der Waals surface area (Å²) in [6.45, 7) is 2.46. The van der Waals surface area contributed by atoms with Gasteiger partial charge in [0.1, 0.15) is 5.75 Å². The third kappa shape index (κ3) is 5.83. The number of ether oxygens (including phenoxy) is 1. The highest BCUT2D eigenvalue weighted by Crippen LogP contribution is 2.47. The number of rotatable bonds is 9. The van der Waals surface area contributed by atoms with Gasteiger partial charge in [0, 0.05) is 24.2 Å². The number of hydrogen-bond acceptors (Lipinski definition) is 4. The van der Waals surface area contributed by atoms with Crippen LogP contribution in [0.3, 0.4) is 0 Å². The first-order valence-corrected chi connectivity index (χ1v) is 13.9. The Morgan fingerprint density at radius 2 is 1.78 bits per heavy atom. The highest BCUT2D eigenvalue weighted by atomic mass is 32.2. The van der Waals surface area contributed by atoms with Crippen molar-refractivity contribution >= 4 is 10.2 Å². The molecule has 1 aromatic heterocycles. The van der Waals surface area contributed by atoms with Gasteiger partial charge in [-0.25, -0.2) is 0 Å². The molecule has 7 nitrogen and oxygen atoms in total. The lowest BCUT2D eigenvalue weighted by Gasteiger charge is -2.21. The van der Waals surface area contributed by atoms with E-state index < -0.39 is 27.5 Å². The van der Waals surface area contributed by atoms with Crippen LogP contribution in [0.2, 0.25) is 0 Å². The third-order valence-electron chi connectivity index (χ3n) is 6.93. The van der Waals surface area contributed by atoms with E-state index in [0.29, 0.717) is 19.4 Å². The fourth-order valence-electron chi connectivity index (χ4n) is 4.85. The molecule has 0 amide bonds. The van der Waals surface area contributed by atoms with Crippen LogP contribution in [0, 0.1) is 0 Å². The highest BCUT2D eigenvalue weighted by molar-refractivity contribution is 7.87. The number of aromatic nitrogens is 2. The minimum atomic E-state index is -4.42. The number of nitrogens with zero attached hydrogens (tertiary/aromatic N) is 2. The number of nitrogens with one attached hydrogen (secondary N) is 2. The molecule has 0 unspecified atom stereocenters. The van der Waals surface area contributed by atoms with E-state index in [2.05, 4.69) is 14.5 Å². The Morgan fingerprint density at radius 3 is 2.41 bits per heavy atom. The summed E-state index contributed by atoms with van der Waals surface area (Å²) >= 11 is 0. The van der Waals surface area contributed by atoms with Crippen LogP contribution in [0.25, 0.3) is 11.3 Å². The van der Waals surface area contributed by atoms with E-state index in [1.54, 1.807) is 10.7 Å². The van der Waals surface area contributed by atoms with Crippen molar-refractivity contribution in [2.45, 2.75) is 69.8 Å². The standard InChI is InChI=1S/C26H29F3N4O3S/c1-2-33-23(17-24(30-33)36-22-12-10-19(11-13-22)26(27,28)29)18-6-5-7-20(16-18)25(14-15-25)32-37(34,35)31-21-8-3-4-9-21/h5-7,10-13,16-17,21,31-32H,2-4,8-9,14-15H2,1H3. The number of aryl methyl sites for hydroxylation is 1. The average Bonchev–Trinajstić information content (AvgIpc) is 3.24. The van der Waals surface area contributed by atoms with Crippen molar-refractivity contribution in [3.8, 4) is 22.9 Å². The van der Waals surface area contributed by atoms with Crippen LogP contribution in [-0.4, -0.2) is 24.2 Å². The van der Waals surface area contributed by atoms with Crippen LogP contribution in [0.5, 0.6) is 11.6 Å². The normalized spacial score (nSPS) is 17.7. The predicted octanol–water partition coefficient (Wildman–Crippen LogP) is 5.74. The molecule has 2 fully saturated rings. The predicted molar refractivity (Wildman–Crippen MR) is 133 cm³/mol. The van der Waals surface area contributed by atoms with Crippen molar-refractivity contribution in [3.05, 3.63) is 65.7 Å². The van der Waals surface area contributed by atoms with Gasteiger partial charge in [-0.2, -0.15) is 31.0 Å². The Labute approximate surface area is 214 Å². The van der Waals surface area contributed by atoms with Crippen molar-refractivity contribution < 1.29 is 26.3 Å². The first-order chi connectivity index (χ1) is 17.6. The van der Waals surface area contributed by atoms with Crippen molar-refractivity contribution in [2.24, 2.45) is 0 Å². The van der Waals surface area contributed by atoms with Gasteiger partial charge in [0.05, 0.1) is 16.8 Å². The number of alkyl halides is 3. The van der Waals surface area contributed by atoms with Crippen molar-refractivity contribution in [3.63, 3.8) is 0 Å². The van der Waals surface area contributed by atoms with E-state index in [1.165, 1.54) is 12.1 Å². The lowest BCUT2D eigenvalue weighted by atomic mass is 10.0. The summed E-state index contributed by atoms with van der Waals surface area (Å²) in [6, 6.07) is 13.8. The van der Waals surface area contributed by atoms with Gasteiger partial charge in [-0.05, 0) is 68.5 Å². The van der Waals surface area contributed by atoms with E-state index in [4.69, 9.17) is 4.74 Å². The smallest absolute Gasteiger partial charge is 0.416 e. The van der Waals surface area contributed by atoms with Crippen LogP contribution in [0.4, 0.5) is 13.2 Å². The van der Waals surface area contributed by atoms with Gasteiger partial charge in [-0.15, -0.1) is 5.10 Å². The molecule has 2 saturated carbocycles. The summed E-state index contributed by atoms with van der Waals surface area (Å²) in [5.41, 5.74) is 1.07. The van der Waals surface area contributed by atoms with E-state index in [1.807, 2.05) is 31.2 Å². The molecule has 11 heteroatoms. The Balaban J connectivity index is 1.35. The third-order valence-corrected chi connectivity index (χ3v) is 8.23. The summed E-state index contributed by atoms with van der Waals surface area (Å²) in [7, 11) is -3.65. The molecular formula is C26H29F3N4O3S. The molecule has 0 spiro atoms. The molecule has 0 aliphatic heterocycles. The van der Waals surface area contributed by atoms with Crippen LogP contribution in [0.15, 0.2) is 54.6 Å². The van der Waals surface area contributed by atoms with E-state index in [0.717, 1.165) is 54.6 Å². The molecule has 0 radical (unpaired) electrons. The van der Waals surface area contributed by atoms with Gasteiger partial charge in [0.2, 0.25) is 5.88 Å². The molecule has 0 saturated heterocycles. The van der Waals surface area contributed by atoms with Crippen LogP contribution in [-0.2, 0) is 28.5 Å². The maximum atomic E-state index is 12.8. The molecular weight excluding hydrogens is 505 g/mol. The lowest BCUT2D eigenvalue weighted by Crippen LogP contribution is -2.46. The first kappa shape index (κ1) is 25.7. The first-order valence-electron chi connectivity index (χ1n) is 12.4. The van der Waals surface area contributed by atoms with Gasteiger partial charge in [-0.1, -0.05) is 31.0 Å². The molecule has 1 heterocycles. The molecule has 2 aliphatic rings. The van der Waals surface area contributed by atoms with Crippen molar-refractivity contribution in [1.29, 1.82) is 0 Å². The maximum Gasteiger partial charge on any atom is 0.416 e. The summed E-state index contributed by atoms with van der Waals surface area (Å²) in [4.78, 5) is 0. The molecule has 198 valence electrons. The van der Waals surface area contributed by atoms with Crippen LogP contribution < -0.4 is 14.2 Å². The van der Waals surface area contributed by atoms with Gasteiger partial charge in [0.15, 0.2) is 0 Å². The molecule has 3 aromatic rings. The van der Waals surface area contributed by atoms with Crippen LogP contribution >= 0.6 is 0 Å². The largest absolute Gasteiger partial charge is 0.438 e. The summed E-state index contributed by atoms with van der Waals surface area (Å²) in [6.07, 6.45) is 0.795. The molecule has 0 atom stereocenters. The van der Waals surface area contributed by atoms with Crippen molar-refractivity contribution in [1.82, 2.24) is 19.2 Å². The Kier molecular flexibility index (Phi) is 6.80. The van der Waals surface area contributed by atoms with E-state index in [9.17, 15) is 21.6 Å². The highest BCUT2D eigenvalue weighted by Gasteiger charge is 2.47. The maximum absolute atomic E-state index is 12.8. The number of benzene rings is 2. The van der Waals surface area contributed by atoms with Gasteiger partial charge >= 0.3 is 6.18 Å². The Bertz CT molecular complexity index is 1360. The fourth-order valence-corrected chi connectivity index (χ4v) is 6.42. The zero-order valence-corrected chi connectivity index (χ0v) is 21.2. The zero-order valence-electron chi connectivity index (χ0n) is 20.4. The quantitative estimate of drug-likeness (QED) is 0.367. The van der Waals surface area contributed by atoms with Gasteiger partial charge in [-0.3, -0.25) is 4.68 Å². The molecule has 2 aliphatic carbocycles. The average molecular weight is 535 g/mol. The Morgan fingerprint density at radius 1 is 1.08 bits per heavy atom. The zero-order chi connectivity index (χ0) is 26.3. The number of halogens is 3. The Hall–Kier alpha value is -2.89. The summed E-state index contributed by atoms with van der Waals surface area (Å²) in [5, 5.41) is 4.45. The summed E-state index contributed by atoms with van der Waals surface area (Å²) in [5.74, 6) is 0.500. The second kappa shape index (κ2) is 9.77. The molecule has 37 heavy (non-hydrogen) atoms. The van der Waals surface area contributed by atoms with Gasteiger partial charge < -0.3 is 4.74 Å². The van der Waals surface area contributed by atoms with Crippen molar-refractivity contribution in [2.75, 3.05) is 0 Å². The van der Waals surface area contributed by atoms with E-state index in [-0.39, 0.29) is 17.7 Å².